The van der Waals surface area contributed by atoms with Gasteiger partial charge in [-0.25, -0.2) is 0 Å². The molecule has 2 unspecified atom stereocenters. The zero-order valence-corrected chi connectivity index (χ0v) is 11.6. The van der Waals surface area contributed by atoms with Crippen molar-refractivity contribution in [3.8, 4) is 0 Å². The predicted octanol–water partition coefficient (Wildman–Crippen LogP) is 3.36. The lowest BCUT2D eigenvalue weighted by Gasteiger charge is -2.27. The molecule has 1 aliphatic heterocycles. The predicted molar refractivity (Wildman–Crippen MR) is 72.2 cm³/mol. The van der Waals surface area contributed by atoms with Gasteiger partial charge in [0.2, 0.25) is 0 Å². The molecule has 0 aromatic heterocycles. The molecule has 0 aromatic rings. The summed E-state index contributed by atoms with van der Waals surface area (Å²) >= 11 is 0. The first kappa shape index (κ1) is 13.4. The summed E-state index contributed by atoms with van der Waals surface area (Å²) in [5.41, 5.74) is 0. The van der Waals surface area contributed by atoms with Crippen LogP contribution in [0.3, 0.4) is 0 Å². The van der Waals surface area contributed by atoms with E-state index < -0.39 is 0 Å². The van der Waals surface area contributed by atoms with E-state index in [9.17, 15) is 0 Å². The Bertz CT molecular complexity index is 209. The first-order valence-electron chi connectivity index (χ1n) is 7.62. The zero-order valence-electron chi connectivity index (χ0n) is 11.6. The monoisotopic (exact) mass is 239 g/mol. The van der Waals surface area contributed by atoms with E-state index in [0.717, 1.165) is 25.0 Å². The Labute approximate surface area is 107 Å². The second kappa shape index (κ2) is 6.75. The van der Waals surface area contributed by atoms with Crippen LogP contribution in [0.2, 0.25) is 0 Å². The van der Waals surface area contributed by atoms with Gasteiger partial charge in [0.05, 0.1) is 6.10 Å². The summed E-state index contributed by atoms with van der Waals surface area (Å²) < 4.78 is 6.05. The Morgan fingerprint density at radius 2 is 1.76 bits per heavy atom. The first-order chi connectivity index (χ1) is 8.27. The topological polar surface area (TPSA) is 21.3 Å². The summed E-state index contributed by atoms with van der Waals surface area (Å²) in [6.07, 6.45) is 10.4. The molecule has 0 bridgehead atoms. The van der Waals surface area contributed by atoms with Gasteiger partial charge in [0.25, 0.3) is 0 Å². The molecular weight excluding hydrogens is 210 g/mol. The maximum Gasteiger partial charge on any atom is 0.0644 e. The lowest BCUT2D eigenvalue weighted by Crippen LogP contribution is -2.36. The number of hydrogen-bond acceptors (Lipinski definition) is 2. The smallest absolute Gasteiger partial charge is 0.0644 e. The fourth-order valence-electron chi connectivity index (χ4n) is 3.42. The second-order valence-electron chi connectivity index (χ2n) is 6.20. The van der Waals surface area contributed by atoms with E-state index in [2.05, 4.69) is 19.2 Å². The van der Waals surface area contributed by atoms with Crippen LogP contribution in [0.5, 0.6) is 0 Å². The fraction of sp³-hybridized carbons (Fsp3) is 1.00. The first-order valence-corrected chi connectivity index (χ1v) is 7.62. The summed E-state index contributed by atoms with van der Waals surface area (Å²) in [5.74, 6) is 1.61. The molecule has 1 saturated carbocycles. The fourth-order valence-corrected chi connectivity index (χ4v) is 3.42. The number of nitrogens with one attached hydrogen (secondary N) is 1. The molecule has 0 aromatic carbocycles. The molecule has 1 saturated heterocycles. The Balaban J connectivity index is 1.84. The molecule has 17 heavy (non-hydrogen) atoms. The molecule has 1 N–H and O–H groups in total. The molecule has 0 amide bonds. The van der Waals surface area contributed by atoms with Crippen molar-refractivity contribution < 1.29 is 4.74 Å². The lowest BCUT2D eigenvalue weighted by molar-refractivity contribution is 0.0351. The van der Waals surface area contributed by atoms with Gasteiger partial charge in [0.1, 0.15) is 0 Å². The van der Waals surface area contributed by atoms with Crippen LogP contribution in [-0.4, -0.2) is 25.3 Å². The van der Waals surface area contributed by atoms with Crippen molar-refractivity contribution in [2.45, 2.75) is 70.9 Å². The molecule has 2 aliphatic rings. The minimum absolute atomic E-state index is 0.555. The van der Waals surface area contributed by atoms with E-state index in [4.69, 9.17) is 4.74 Å². The van der Waals surface area contributed by atoms with Crippen molar-refractivity contribution in [1.82, 2.24) is 5.32 Å². The van der Waals surface area contributed by atoms with E-state index in [1.165, 1.54) is 44.9 Å². The number of hydrogen-bond donors (Lipinski definition) is 1. The molecule has 0 spiro atoms. The van der Waals surface area contributed by atoms with E-state index in [0.29, 0.717) is 12.1 Å². The average Bonchev–Trinajstić information content (AvgIpc) is 2.60. The van der Waals surface area contributed by atoms with E-state index >= 15 is 0 Å². The summed E-state index contributed by atoms with van der Waals surface area (Å²) in [6, 6.07) is 0.602. The molecular formula is C15H29NO. The molecule has 2 heteroatoms. The van der Waals surface area contributed by atoms with Crippen LogP contribution in [0.1, 0.15) is 58.8 Å². The van der Waals surface area contributed by atoms with E-state index in [1.807, 2.05) is 0 Å². The second-order valence-corrected chi connectivity index (χ2v) is 6.20. The largest absolute Gasteiger partial charge is 0.378 e. The number of rotatable bonds is 4. The van der Waals surface area contributed by atoms with Crippen LogP contribution < -0.4 is 5.32 Å². The summed E-state index contributed by atoms with van der Waals surface area (Å²) in [5, 5.41) is 3.59. The van der Waals surface area contributed by atoms with Gasteiger partial charge in [0.15, 0.2) is 0 Å². The third-order valence-corrected chi connectivity index (χ3v) is 4.42. The average molecular weight is 239 g/mol. The quantitative estimate of drug-likeness (QED) is 0.760. The Hall–Kier alpha value is -0.0800. The van der Waals surface area contributed by atoms with Crippen LogP contribution in [0.4, 0.5) is 0 Å². The molecule has 2 fully saturated rings. The van der Waals surface area contributed by atoms with Crippen LogP contribution in [-0.2, 0) is 4.74 Å². The lowest BCUT2D eigenvalue weighted by atomic mass is 9.85. The van der Waals surface area contributed by atoms with Gasteiger partial charge in [-0.3, -0.25) is 0 Å². The van der Waals surface area contributed by atoms with Crippen molar-refractivity contribution in [3.05, 3.63) is 0 Å². The van der Waals surface area contributed by atoms with Crippen LogP contribution in [0.25, 0.3) is 0 Å². The minimum atomic E-state index is 0.555. The van der Waals surface area contributed by atoms with Crippen molar-refractivity contribution in [1.29, 1.82) is 0 Å². The molecule has 0 radical (unpaired) electrons. The van der Waals surface area contributed by atoms with Crippen molar-refractivity contribution in [3.63, 3.8) is 0 Å². The van der Waals surface area contributed by atoms with Crippen molar-refractivity contribution in [2.24, 2.45) is 11.8 Å². The Kier molecular flexibility index (Phi) is 5.30. The third-order valence-electron chi connectivity index (χ3n) is 4.42. The van der Waals surface area contributed by atoms with Gasteiger partial charge in [0, 0.05) is 25.1 Å². The van der Waals surface area contributed by atoms with Gasteiger partial charge >= 0.3 is 0 Å². The molecule has 2 nitrogen and oxygen atoms in total. The van der Waals surface area contributed by atoms with E-state index in [-0.39, 0.29) is 0 Å². The highest BCUT2D eigenvalue weighted by atomic mass is 16.5. The summed E-state index contributed by atoms with van der Waals surface area (Å²) in [7, 11) is 0. The van der Waals surface area contributed by atoms with Gasteiger partial charge in [-0.2, -0.15) is 0 Å². The van der Waals surface area contributed by atoms with Crippen LogP contribution in [0, 0.1) is 11.8 Å². The maximum absolute atomic E-state index is 6.05. The van der Waals surface area contributed by atoms with Gasteiger partial charge in [-0.15, -0.1) is 0 Å². The highest BCUT2D eigenvalue weighted by Gasteiger charge is 2.34. The molecule has 100 valence electrons. The minimum Gasteiger partial charge on any atom is -0.378 e. The van der Waals surface area contributed by atoms with E-state index in [1.54, 1.807) is 0 Å². The standard InChI is InChI=1S/C15H29NO/c1-12(2)16-11-14-9-10-17-15(14)13-7-5-3-4-6-8-13/h12-16H,3-11H2,1-2H3. The number of ether oxygens (including phenoxy) is 1. The Morgan fingerprint density at radius 3 is 2.41 bits per heavy atom. The molecule has 1 aliphatic carbocycles. The highest BCUT2D eigenvalue weighted by molar-refractivity contribution is 4.85. The van der Waals surface area contributed by atoms with Crippen molar-refractivity contribution >= 4 is 0 Å². The molecule has 2 rings (SSSR count). The maximum atomic E-state index is 6.05. The van der Waals surface area contributed by atoms with Crippen molar-refractivity contribution in [2.75, 3.05) is 13.2 Å². The zero-order chi connectivity index (χ0) is 12.1. The van der Waals surface area contributed by atoms with Gasteiger partial charge < -0.3 is 10.1 Å². The molecule has 2 atom stereocenters. The SMILES string of the molecule is CC(C)NCC1CCOC1C1CCCCCC1. The normalized spacial score (nSPS) is 31.9. The van der Waals surface area contributed by atoms with Crippen LogP contribution in [0.15, 0.2) is 0 Å². The van der Waals surface area contributed by atoms with Gasteiger partial charge in [-0.1, -0.05) is 39.5 Å². The van der Waals surface area contributed by atoms with Gasteiger partial charge in [-0.05, 0) is 25.2 Å². The Morgan fingerprint density at radius 1 is 1.06 bits per heavy atom. The van der Waals surface area contributed by atoms with Crippen LogP contribution >= 0.6 is 0 Å². The molecule has 1 heterocycles. The third kappa shape index (κ3) is 3.96. The summed E-state index contributed by atoms with van der Waals surface area (Å²) in [4.78, 5) is 0. The summed E-state index contributed by atoms with van der Waals surface area (Å²) in [6.45, 7) is 6.61. The highest BCUT2D eigenvalue weighted by Crippen LogP contribution is 2.34.